The number of nitrogens with zero attached hydrogens (tertiary/aromatic N) is 1. The molecular weight excluding hydrogens is 623 g/mol. The van der Waals surface area contributed by atoms with Gasteiger partial charge in [-0.3, -0.25) is 4.98 Å². The summed E-state index contributed by atoms with van der Waals surface area (Å²) in [6.45, 7) is 0. The summed E-state index contributed by atoms with van der Waals surface area (Å²) in [6, 6.07) is 64.1. The number of rotatable bonds is 5. The Kier molecular flexibility index (Phi) is 6.71. The fourth-order valence-electron chi connectivity index (χ4n) is 7.94. The van der Waals surface area contributed by atoms with E-state index in [0.29, 0.717) is 23.0 Å². The number of hydrogen-bond acceptors (Lipinski definition) is 3. The highest BCUT2D eigenvalue weighted by atomic mass is 16.6. The Bertz CT molecular complexity index is 2520. The Hall–Kier alpha value is -6.71. The zero-order valence-corrected chi connectivity index (χ0v) is 27.7. The van der Waals surface area contributed by atoms with E-state index in [1.165, 1.54) is 27.8 Å². The first-order valence-electron chi connectivity index (χ1n) is 17.3. The van der Waals surface area contributed by atoms with Gasteiger partial charge in [0.05, 0.1) is 11.1 Å². The molecule has 3 nitrogen and oxygen atoms in total. The molecule has 1 aliphatic heterocycles. The summed E-state index contributed by atoms with van der Waals surface area (Å²) in [5.41, 5.74) is 13.3. The predicted octanol–water partition coefficient (Wildman–Crippen LogP) is 12.3. The maximum atomic E-state index is 6.70. The number of hydrogen-bond donors (Lipinski definition) is 0. The standard InChI is InChI=1S/C48H31NO2/c1-3-14-37(15-4-1)48(38-16-5-2-6-17-38)41-19-8-7-18-39(41)40-30-46-47(31-42(40)48)50-44-26-25-36(29-45(44)51-46)35-13-11-12-34(28-35)32-21-23-33(24-22-32)43-20-9-10-27-49-43/h1-31H. The van der Waals surface area contributed by atoms with Crippen molar-refractivity contribution < 1.29 is 9.47 Å². The van der Waals surface area contributed by atoms with Gasteiger partial charge in [0, 0.05) is 11.8 Å². The van der Waals surface area contributed by atoms with E-state index in [2.05, 4.69) is 163 Å². The number of ether oxygens (including phenoxy) is 2. The molecule has 0 N–H and O–H groups in total. The first-order valence-corrected chi connectivity index (χ1v) is 17.3. The van der Waals surface area contributed by atoms with Crippen LogP contribution in [0.25, 0.3) is 44.6 Å². The second-order valence-corrected chi connectivity index (χ2v) is 13.1. The summed E-state index contributed by atoms with van der Waals surface area (Å²) in [5.74, 6) is 2.84. The molecule has 51 heavy (non-hydrogen) atoms. The lowest BCUT2D eigenvalue weighted by Gasteiger charge is -2.34. The Morgan fingerprint density at radius 1 is 0.353 bits per heavy atom. The van der Waals surface area contributed by atoms with Crippen molar-refractivity contribution in [2.45, 2.75) is 5.41 Å². The molecule has 7 aromatic carbocycles. The highest BCUT2D eigenvalue weighted by Crippen LogP contribution is 2.59. The Labute approximate surface area is 297 Å². The fourth-order valence-corrected chi connectivity index (χ4v) is 7.94. The van der Waals surface area contributed by atoms with E-state index >= 15 is 0 Å². The summed E-state index contributed by atoms with van der Waals surface area (Å²) in [4.78, 5) is 4.49. The van der Waals surface area contributed by atoms with Gasteiger partial charge in [0.15, 0.2) is 23.0 Å². The van der Waals surface area contributed by atoms with E-state index in [0.717, 1.165) is 39.1 Å². The van der Waals surface area contributed by atoms with Gasteiger partial charge >= 0.3 is 0 Å². The van der Waals surface area contributed by atoms with E-state index in [-0.39, 0.29) is 0 Å². The topological polar surface area (TPSA) is 31.4 Å². The molecule has 0 atom stereocenters. The Balaban J connectivity index is 1.02. The third-order valence-electron chi connectivity index (χ3n) is 10.3. The van der Waals surface area contributed by atoms with Crippen molar-refractivity contribution in [3.05, 3.63) is 210 Å². The zero-order valence-electron chi connectivity index (χ0n) is 27.7. The first-order chi connectivity index (χ1) is 25.3. The van der Waals surface area contributed by atoms with Gasteiger partial charge in [-0.2, -0.15) is 0 Å². The minimum atomic E-state index is -0.499. The molecule has 0 radical (unpaired) electrons. The third-order valence-corrected chi connectivity index (χ3v) is 10.3. The predicted molar refractivity (Wildman–Crippen MR) is 204 cm³/mol. The van der Waals surface area contributed by atoms with Gasteiger partial charge in [0.1, 0.15) is 0 Å². The molecule has 3 heteroatoms. The molecule has 10 rings (SSSR count). The monoisotopic (exact) mass is 653 g/mol. The maximum Gasteiger partial charge on any atom is 0.170 e. The van der Waals surface area contributed by atoms with Crippen molar-refractivity contribution in [3.63, 3.8) is 0 Å². The van der Waals surface area contributed by atoms with Crippen molar-refractivity contribution in [2.24, 2.45) is 0 Å². The highest BCUT2D eigenvalue weighted by molar-refractivity contribution is 5.88. The molecule has 0 amide bonds. The molecule has 0 saturated heterocycles. The Morgan fingerprint density at radius 3 is 1.69 bits per heavy atom. The van der Waals surface area contributed by atoms with E-state index in [1.54, 1.807) is 0 Å². The third kappa shape index (κ3) is 4.70. The molecule has 240 valence electrons. The van der Waals surface area contributed by atoms with Gasteiger partial charge in [-0.15, -0.1) is 0 Å². The maximum absolute atomic E-state index is 6.70. The van der Waals surface area contributed by atoms with Crippen LogP contribution in [0.15, 0.2) is 188 Å². The second-order valence-electron chi connectivity index (χ2n) is 13.1. The van der Waals surface area contributed by atoms with Crippen molar-refractivity contribution in [1.29, 1.82) is 0 Å². The van der Waals surface area contributed by atoms with Crippen molar-refractivity contribution >= 4 is 0 Å². The van der Waals surface area contributed by atoms with E-state index in [4.69, 9.17) is 9.47 Å². The van der Waals surface area contributed by atoms with Crippen LogP contribution < -0.4 is 9.47 Å². The largest absolute Gasteiger partial charge is 0.450 e. The molecule has 2 aliphatic rings. The molecule has 0 unspecified atom stereocenters. The first kappa shape index (κ1) is 29.2. The van der Waals surface area contributed by atoms with Crippen molar-refractivity contribution in [3.8, 4) is 67.6 Å². The van der Waals surface area contributed by atoms with Crippen LogP contribution in [0.1, 0.15) is 22.3 Å². The van der Waals surface area contributed by atoms with Crippen molar-refractivity contribution in [1.82, 2.24) is 4.98 Å². The molecule has 0 bridgehead atoms. The van der Waals surface area contributed by atoms with Crippen LogP contribution >= 0.6 is 0 Å². The van der Waals surface area contributed by atoms with Crippen LogP contribution in [-0.4, -0.2) is 4.98 Å². The van der Waals surface area contributed by atoms with Gasteiger partial charge in [-0.05, 0) is 98.1 Å². The molecule has 8 aromatic rings. The van der Waals surface area contributed by atoms with Crippen LogP contribution in [0.4, 0.5) is 0 Å². The van der Waals surface area contributed by atoms with Gasteiger partial charge in [-0.25, -0.2) is 0 Å². The Morgan fingerprint density at radius 2 is 0.941 bits per heavy atom. The lowest BCUT2D eigenvalue weighted by Crippen LogP contribution is -2.28. The van der Waals surface area contributed by atoms with E-state index < -0.39 is 5.41 Å². The van der Waals surface area contributed by atoms with Gasteiger partial charge < -0.3 is 9.47 Å². The van der Waals surface area contributed by atoms with Crippen LogP contribution in [0.3, 0.4) is 0 Å². The number of benzene rings is 7. The lowest BCUT2D eigenvalue weighted by molar-refractivity contribution is 0.359. The van der Waals surface area contributed by atoms with Crippen LogP contribution in [0, 0.1) is 0 Å². The average Bonchev–Trinajstić information content (AvgIpc) is 3.50. The number of pyridine rings is 1. The zero-order chi connectivity index (χ0) is 33.8. The molecular formula is C48H31NO2. The number of fused-ring (bicyclic) bond motifs is 5. The normalized spacial score (nSPS) is 13.2. The average molecular weight is 654 g/mol. The lowest BCUT2D eigenvalue weighted by atomic mass is 9.67. The summed E-state index contributed by atoms with van der Waals surface area (Å²) in [6.07, 6.45) is 1.83. The van der Waals surface area contributed by atoms with Crippen LogP contribution in [0.2, 0.25) is 0 Å². The summed E-state index contributed by atoms with van der Waals surface area (Å²) in [7, 11) is 0. The summed E-state index contributed by atoms with van der Waals surface area (Å²) in [5, 5.41) is 0. The molecule has 1 aromatic heterocycles. The smallest absolute Gasteiger partial charge is 0.170 e. The van der Waals surface area contributed by atoms with Crippen molar-refractivity contribution in [2.75, 3.05) is 0 Å². The molecule has 1 aliphatic carbocycles. The van der Waals surface area contributed by atoms with E-state index in [1.807, 2.05) is 30.5 Å². The van der Waals surface area contributed by atoms with Gasteiger partial charge in [0.2, 0.25) is 0 Å². The van der Waals surface area contributed by atoms with Gasteiger partial charge in [0.25, 0.3) is 0 Å². The SMILES string of the molecule is c1ccc(C2(c3ccccc3)c3ccccc3-c3cc4c(cc32)Oc2ccc(-c3cccc(-c5ccc(-c6ccccn6)cc5)c3)cc2O4)cc1. The highest BCUT2D eigenvalue weighted by Gasteiger charge is 2.47. The molecule has 0 saturated carbocycles. The minimum absolute atomic E-state index is 0.499. The molecule has 2 heterocycles. The second kappa shape index (κ2) is 11.7. The number of aromatic nitrogens is 1. The fraction of sp³-hybridized carbons (Fsp3) is 0.0208. The van der Waals surface area contributed by atoms with Crippen LogP contribution in [0.5, 0.6) is 23.0 Å². The molecule has 0 fully saturated rings. The van der Waals surface area contributed by atoms with E-state index in [9.17, 15) is 0 Å². The quantitative estimate of drug-likeness (QED) is 0.185. The molecule has 0 spiro atoms. The minimum Gasteiger partial charge on any atom is -0.450 e. The van der Waals surface area contributed by atoms with Gasteiger partial charge in [-0.1, -0.05) is 140 Å². The summed E-state index contributed by atoms with van der Waals surface area (Å²) < 4.78 is 13.4. The van der Waals surface area contributed by atoms with Crippen LogP contribution in [-0.2, 0) is 5.41 Å². The summed E-state index contributed by atoms with van der Waals surface area (Å²) >= 11 is 0.